The maximum absolute atomic E-state index is 14.0. The highest BCUT2D eigenvalue weighted by atomic mass is 19.1. The van der Waals surface area contributed by atoms with Crippen molar-refractivity contribution in [2.24, 2.45) is 0 Å². The number of hydrogen-bond donors (Lipinski definition) is 1. The Hall–Kier alpha value is -1.96. The van der Waals surface area contributed by atoms with Crippen LogP contribution in [-0.2, 0) is 16.1 Å². The number of alkyl halides is 1. The molecule has 1 atom stereocenters. The van der Waals surface area contributed by atoms with E-state index in [0.717, 1.165) is 0 Å². The Labute approximate surface area is 133 Å². The number of rotatable bonds is 5. The first-order chi connectivity index (χ1) is 11.0. The van der Waals surface area contributed by atoms with Crippen molar-refractivity contribution in [1.82, 2.24) is 19.8 Å². The number of amides is 2. The Morgan fingerprint density at radius 2 is 2.22 bits per heavy atom. The second-order valence-electron chi connectivity index (χ2n) is 6.07. The molecule has 2 aliphatic rings. The standard InChI is InChI=1S/C15H21FN4O3/c1-10-12-18-11(13(21)17-5-8-23-2)9-19(12)6-7-20(10)14(22)15(16)3-4-15/h9-10H,3-8H2,1-2H3,(H,17,21)/t10-/m0/s1. The predicted molar refractivity (Wildman–Crippen MR) is 79.6 cm³/mol. The average Bonchev–Trinajstić information content (AvgIpc) is 3.13. The average molecular weight is 324 g/mol. The molecule has 8 heteroatoms. The minimum Gasteiger partial charge on any atom is -0.383 e. The van der Waals surface area contributed by atoms with Crippen LogP contribution < -0.4 is 5.32 Å². The third-order valence-electron chi connectivity index (χ3n) is 4.39. The first-order valence-electron chi connectivity index (χ1n) is 7.80. The Morgan fingerprint density at radius 1 is 1.48 bits per heavy atom. The van der Waals surface area contributed by atoms with Gasteiger partial charge in [-0.3, -0.25) is 9.59 Å². The van der Waals surface area contributed by atoms with Crippen LogP contribution in [0.4, 0.5) is 4.39 Å². The van der Waals surface area contributed by atoms with Gasteiger partial charge in [0.1, 0.15) is 11.5 Å². The molecule has 2 amide bonds. The number of fused-ring (bicyclic) bond motifs is 1. The smallest absolute Gasteiger partial charge is 0.271 e. The van der Waals surface area contributed by atoms with Gasteiger partial charge in [-0.25, -0.2) is 9.37 Å². The van der Waals surface area contributed by atoms with Crippen molar-refractivity contribution in [2.75, 3.05) is 26.8 Å². The molecule has 0 saturated heterocycles. The molecule has 1 fully saturated rings. The molecule has 0 unspecified atom stereocenters. The molecule has 1 aliphatic heterocycles. The summed E-state index contributed by atoms with van der Waals surface area (Å²) in [5.41, 5.74) is -1.37. The zero-order valence-electron chi connectivity index (χ0n) is 13.3. The fourth-order valence-corrected chi connectivity index (χ4v) is 2.82. The summed E-state index contributed by atoms with van der Waals surface area (Å²) in [6, 6.07) is -0.343. The monoisotopic (exact) mass is 324 g/mol. The molecule has 0 aromatic carbocycles. The second-order valence-corrected chi connectivity index (χ2v) is 6.07. The van der Waals surface area contributed by atoms with Crippen molar-refractivity contribution in [3.05, 3.63) is 17.7 Å². The van der Waals surface area contributed by atoms with Gasteiger partial charge in [0.15, 0.2) is 5.67 Å². The van der Waals surface area contributed by atoms with Gasteiger partial charge in [-0.15, -0.1) is 0 Å². The topological polar surface area (TPSA) is 76.5 Å². The Bertz CT molecular complexity index is 626. The number of imidazole rings is 1. The molecule has 0 radical (unpaired) electrons. The Morgan fingerprint density at radius 3 is 2.87 bits per heavy atom. The summed E-state index contributed by atoms with van der Waals surface area (Å²) in [7, 11) is 1.56. The number of aromatic nitrogens is 2. The van der Waals surface area contributed by atoms with Gasteiger partial charge in [-0.05, 0) is 19.8 Å². The van der Waals surface area contributed by atoms with Crippen molar-refractivity contribution >= 4 is 11.8 Å². The summed E-state index contributed by atoms with van der Waals surface area (Å²) < 4.78 is 20.8. The highest BCUT2D eigenvalue weighted by molar-refractivity contribution is 5.92. The van der Waals surface area contributed by atoms with Crippen LogP contribution in [0.3, 0.4) is 0 Å². The number of nitrogens with zero attached hydrogens (tertiary/aromatic N) is 3. The van der Waals surface area contributed by atoms with Crippen LogP contribution in [0.15, 0.2) is 6.20 Å². The lowest BCUT2D eigenvalue weighted by Crippen LogP contribution is -2.45. The maximum Gasteiger partial charge on any atom is 0.271 e. The summed E-state index contributed by atoms with van der Waals surface area (Å²) in [5.74, 6) is -0.116. The van der Waals surface area contributed by atoms with Crippen LogP contribution in [0, 0.1) is 0 Å². The molecular formula is C15H21FN4O3. The first kappa shape index (κ1) is 15.9. The van der Waals surface area contributed by atoms with Crippen LogP contribution >= 0.6 is 0 Å². The van der Waals surface area contributed by atoms with Crippen LogP contribution in [0.1, 0.15) is 42.1 Å². The van der Waals surface area contributed by atoms with E-state index in [0.29, 0.717) is 50.6 Å². The van der Waals surface area contributed by atoms with E-state index in [4.69, 9.17) is 4.74 Å². The summed E-state index contributed by atoms with van der Waals surface area (Å²) in [6.07, 6.45) is 2.28. The molecular weight excluding hydrogens is 303 g/mol. The van der Waals surface area contributed by atoms with E-state index in [1.807, 2.05) is 11.5 Å². The van der Waals surface area contributed by atoms with E-state index in [9.17, 15) is 14.0 Å². The lowest BCUT2D eigenvalue weighted by Gasteiger charge is -2.34. The normalized spacial score (nSPS) is 21.7. The molecule has 2 heterocycles. The van der Waals surface area contributed by atoms with Gasteiger partial charge < -0.3 is 19.5 Å². The summed E-state index contributed by atoms with van der Waals surface area (Å²) in [5, 5.41) is 2.71. The number of methoxy groups -OCH3 is 1. The zero-order chi connectivity index (χ0) is 16.6. The fraction of sp³-hybridized carbons (Fsp3) is 0.667. The molecule has 1 aromatic rings. The maximum atomic E-state index is 14.0. The highest BCUT2D eigenvalue weighted by Gasteiger charge is 2.54. The van der Waals surface area contributed by atoms with Crippen LogP contribution in [-0.4, -0.2) is 58.7 Å². The zero-order valence-corrected chi connectivity index (χ0v) is 13.3. The highest BCUT2D eigenvalue weighted by Crippen LogP contribution is 2.43. The first-order valence-corrected chi connectivity index (χ1v) is 7.80. The fourth-order valence-electron chi connectivity index (χ4n) is 2.82. The van der Waals surface area contributed by atoms with Crippen molar-refractivity contribution in [2.45, 2.75) is 38.0 Å². The number of hydrogen-bond acceptors (Lipinski definition) is 4. The lowest BCUT2D eigenvalue weighted by molar-refractivity contribution is -0.141. The molecule has 126 valence electrons. The predicted octanol–water partition coefficient (Wildman–Crippen LogP) is 0.665. The third-order valence-corrected chi connectivity index (χ3v) is 4.39. The molecule has 1 N–H and O–H groups in total. The van der Waals surface area contributed by atoms with Gasteiger partial charge in [-0.1, -0.05) is 0 Å². The number of ether oxygens (including phenoxy) is 1. The van der Waals surface area contributed by atoms with Crippen LogP contribution in [0.25, 0.3) is 0 Å². The molecule has 3 rings (SSSR count). The summed E-state index contributed by atoms with van der Waals surface area (Å²) >= 11 is 0. The molecule has 0 bridgehead atoms. The molecule has 7 nitrogen and oxygen atoms in total. The van der Waals surface area contributed by atoms with Gasteiger partial charge in [0.05, 0.1) is 12.6 Å². The SMILES string of the molecule is COCCNC(=O)c1cn2c(n1)[C@H](C)N(C(=O)C1(F)CC1)CC2. The molecule has 1 aromatic heterocycles. The van der Waals surface area contributed by atoms with E-state index in [2.05, 4.69) is 10.3 Å². The van der Waals surface area contributed by atoms with Gasteiger partial charge in [0.25, 0.3) is 11.8 Å². The van der Waals surface area contributed by atoms with Crippen molar-refractivity contribution in [1.29, 1.82) is 0 Å². The molecule has 1 aliphatic carbocycles. The number of nitrogens with one attached hydrogen (secondary N) is 1. The van der Waals surface area contributed by atoms with Crippen LogP contribution in [0.5, 0.6) is 0 Å². The van der Waals surface area contributed by atoms with Gasteiger partial charge in [-0.2, -0.15) is 0 Å². The second kappa shape index (κ2) is 5.92. The third kappa shape index (κ3) is 2.95. The molecule has 23 heavy (non-hydrogen) atoms. The minimum atomic E-state index is -1.68. The van der Waals surface area contributed by atoms with Gasteiger partial charge in [0, 0.05) is 32.9 Å². The Balaban J connectivity index is 1.72. The van der Waals surface area contributed by atoms with E-state index in [-0.39, 0.29) is 11.9 Å². The van der Waals surface area contributed by atoms with Crippen LogP contribution in [0.2, 0.25) is 0 Å². The van der Waals surface area contributed by atoms with Crippen molar-refractivity contribution in [3.63, 3.8) is 0 Å². The van der Waals surface area contributed by atoms with E-state index < -0.39 is 11.6 Å². The van der Waals surface area contributed by atoms with E-state index >= 15 is 0 Å². The Kier molecular flexibility index (Phi) is 4.09. The van der Waals surface area contributed by atoms with Crippen molar-refractivity contribution < 1.29 is 18.7 Å². The minimum absolute atomic E-state index is 0.279. The van der Waals surface area contributed by atoms with E-state index in [1.54, 1.807) is 13.3 Å². The largest absolute Gasteiger partial charge is 0.383 e. The summed E-state index contributed by atoms with van der Waals surface area (Å²) in [4.78, 5) is 30.2. The van der Waals surface area contributed by atoms with Crippen molar-refractivity contribution in [3.8, 4) is 0 Å². The number of halogens is 1. The van der Waals surface area contributed by atoms with Gasteiger partial charge >= 0.3 is 0 Å². The number of carbonyl (C=O) groups is 2. The number of carbonyl (C=O) groups excluding carboxylic acids is 2. The molecule has 1 saturated carbocycles. The van der Waals surface area contributed by atoms with E-state index in [1.165, 1.54) is 4.90 Å². The quantitative estimate of drug-likeness (QED) is 0.808. The summed E-state index contributed by atoms with van der Waals surface area (Å²) in [6.45, 7) is 3.59. The van der Waals surface area contributed by atoms with Gasteiger partial charge in [0.2, 0.25) is 0 Å². The molecule has 0 spiro atoms. The lowest BCUT2D eigenvalue weighted by atomic mass is 10.1.